The van der Waals surface area contributed by atoms with E-state index in [2.05, 4.69) is 20.4 Å². The highest BCUT2D eigenvalue weighted by Crippen LogP contribution is 2.66. The van der Waals surface area contributed by atoms with Crippen LogP contribution in [0.3, 0.4) is 0 Å². The van der Waals surface area contributed by atoms with Crippen LogP contribution in [0.2, 0.25) is 0 Å². The van der Waals surface area contributed by atoms with Crippen molar-refractivity contribution in [2.45, 2.75) is 77.7 Å². The second-order valence-electron chi connectivity index (χ2n) is 9.40. The normalized spacial score (nSPS) is 53.0. The first-order valence-corrected chi connectivity index (χ1v) is 9.19. The maximum absolute atomic E-state index is 12.0. The number of fused-ring (bicyclic) bond motifs is 3. The van der Waals surface area contributed by atoms with Gasteiger partial charge < -0.3 is 10.2 Å². The lowest BCUT2D eigenvalue weighted by Gasteiger charge is -2.64. The van der Waals surface area contributed by atoms with Gasteiger partial charge in [-0.2, -0.15) is 0 Å². The quantitative estimate of drug-likeness (QED) is 0.741. The molecule has 6 atom stereocenters. The zero-order valence-electron chi connectivity index (χ0n) is 14.9. The maximum atomic E-state index is 12.0. The van der Waals surface area contributed by atoms with E-state index >= 15 is 0 Å². The van der Waals surface area contributed by atoms with Gasteiger partial charge in [0.05, 0.1) is 11.0 Å². The Kier molecular flexibility index (Phi) is 3.76. The Hall–Kier alpha value is -0.830. The van der Waals surface area contributed by atoms with E-state index in [1.165, 1.54) is 0 Å². The monoisotopic (exact) mass is 320 g/mol. The van der Waals surface area contributed by atoms with Crippen LogP contribution in [-0.4, -0.2) is 21.8 Å². The first kappa shape index (κ1) is 17.0. The van der Waals surface area contributed by atoms with Crippen LogP contribution in [0, 0.1) is 28.1 Å². The maximum Gasteiger partial charge on any atom is 0.309 e. The van der Waals surface area contributed by atoms with Crippen LogP contribution < -0.4 is 0 Å². The standard InChI is InChI=1S/C20H32O3/c1-5-17(2)11-7-15-18(3)9-6-10-19(4,16(21)22)14(18)8-12-20(15,23)13-17/h5,14-15,23H,1,6-13H2,2-4H3,(H,21,22)/t14-,15-,17-,18+,19+,20-/m1/s1. The Balaban J connectivity index is 1.97. The van der Waals surface area contributed by atoms with Crippen molar-refractivity contribution >= 4 is 5.97 Å². The fourth-order valence-electron chi connectivity index (χ4n) is 6.66. The minimum atomic E-state index is -0.650. The molecule has 130 valence electrons. The molecule has 3 rings (SSSR count). The second kappa shape index (κ2) is 5.08. The van der Waals surface area contributed by atoms with E-state index in [0.29, 0.717) is 0 Å². The number of rotatable bonds is 2. The molecule has 0 unspecified atom stereocenters. The molecule has 0 heterocycles. The van der Waals surface area contributed by atoms with Gasteiger partial charge in [0.2, 0.25) is 0 Å². The average molecular weight is 320 g/mol. The number of hydrogen-bond donors (Lipinski definition) is 2. The lowest BCUT2D eigenvalue weighted by Crippen LogP contribution is -2.62. The van der Waals surface area contributed by atoms with Crippen molar-refractivity contribution in [3.8, 4) is 0 Å². The Bertz CT molecular complexity index is 529. The van der Waals surface area contributed by atoms with Gasteiger partial charge in [-0.1, -0.05) is 26.3 Å². The summed E-state index contributed by atoms with van der Waals surface area (Å²) in [5, 5.41) is 21.3. The van der Waals surface area contributed by atoms with Crippen molar-refractivity contribution in [1.29, 1.82) is 0 Å². The first-order chi connectivity index (χ1) is 10.6. The number of carboxylic acid groups (broad SMARTS) is 1. The molecule has 0 aromatic rings. The summed E-state index contributed by atoms with van der Waals surface area (Å²) in [7, 11) is 0. The topological polar surface area (TPSA) is 57.5 Å². The molecule has 3 saturated carbocycles. The second-order valence-corrected chi connectivity index (χ2v) is 9.40. The number of aliphatic hydroxyl groups is 1. The number of aliphatic carboxylic acids is 1. The molecule has 0 bridgehead atoms. The fourth-order valence-corrected chi connectivity index (χ4v) is 6.66. The first-order valence-electron chi connectivity index (χ1n) is 9.19. The van der Waals surface area contributed by atoms with Crippen LogP contribution in [0.15, 0.2) is 12.7 Å². The summed E-state index contributed by atoms with van der Waals surface area (Å²) in [5.74, 6) is -0.244. The van der Waals surface area contributed by atoms with Gasteiger partial charge in [-0.15, -0.1) is 6.58 Å². The summed E-state index contributed by atoms with van der Waals surface area (Å²) in [6.45, 7) is 10.4. The molecule has 23 heavy (non-hydrogen) atoms. The third kappa shape index (κ3) is 2.30. The molecule has 0 aromatic carbocycles. The smallest absolute Gasteiger partial charge is 0.309 e. The Labute approximate surface area is 140 Å². The molecule has 0 radical (unpaired) electrons. The predicted octanol–water partition coefficient (Wildman–Crippen LogP) is 4.40. The van der Waals surface area contributed by atoms with Gasteiger partial charge in [-0.25, -0.2) is 0 Å². The molecular weight excluding hydrogens is 288 g/mol. The van der Waals surface area contributed by atoms with Crippen molar-refractivity contribution in [2.24, 2.45) is 28.1 Å². The summed E-state index contributed by atoms with van der Waals surface area (Å²) < 4.78 is 0. The van der Waals surface area contributed by atoms with Gasteiger partial charge in [0.25, 0.3) is 0 Å². The molecule has 0 aromatic heterocycles. The number of hydrogen-bond acceptors (Lipinski definition) is 2. The van der Waals surface area contributed by atoms with Gasteiger partial charge in [0, 0.05) is 0 Å². The lowest BCUT2D eigenvalue weighted by atomic mass is 9.42. The molecule has 3 heteroatoms. The summed E-state index contributed by atoms with van der Waals surface area (Å²) in [6.07, 6.45) is 9.19. The van der Waals surface area contributed by atoms with Crippen molar-refractivity contribution < 1.29 is 15.0 Å². The molecular formula is C20H32O3. The van der Waals surface area contributed by atoms with Crippen LogP contribution in [0.25, 0.3) is 0 Å². The van der Waals surface area contributed by atoms with E-state index in [1.54, 1.807) is 0 Å². The number of carbonyl (C=O) groups is 1. The number of carboxylic acids is 1. The van der Waals surface area contributed by atoms with Crippen LogP contribution in [-0.2, 0) is 4.79 Å². The fraction of sp³-hybridized carbons (Fsp3) is 0.850. The van der Waals surface area contributed by atoms with E-state index in [9.17, 15) is 15.0 Å². The summed E-state index contributed by atoms with van der Waals surface area (Å²) in [4.78, 5) is 12.0. The third-order valence-electron chi connectivity index (χ3n) is 7.98. The van der Waals surface area contributed by atoms with E-state index in [4.69, 9.17) is 0 Å². The van der Waals surface area contributed by atoms with Crippen LogP contribution in [0.4, 0.5) is 0 Å². The Morgan fingerprint density at radius 1 is 1.09 bits per heavy atom. The van der Waals surface area contributed by atoms with Crippen LogP contribution >= 0.6 is 0 Å². The molecule has 0 amide bonds. The van der Waals surface area contributed by atoms with Crippen molar-refractivity contribution in [2.75, 3.05) is 0 Å². The largest absolute Gasteiger partial charge is 0.481 e. The summed E-state index contributed by atoms with van der Waals surface area (Å²) in [5.41, 5.74) is -1.32. The van der Waals surface area contributed by atoms with E-state index < -0.39 is 17.0 Å². The van der Waals surface area contributed by atoms with Gasteiger partial charge >= 0.3 is 5.97 Å². The van der Waals surface area contributed by atoms with Gasteiger partial charge in [-0.05, 0) is 74.5 Å². The molecule has 0 aliphatic heterocycles. The molecule has 2 N–H and O–H groups in total. The highest BCUT2D eigenvalue weighted by atomic mass is 16.4. The molecule has 3 nitrogen and oxygen atoms in total. The molecule has 3 fully saturated rings. The zero-order valence-corrected chi connectivity index (χ0v) is 14.9. The average Bonchev–Trinajstić information content (AvgIpc) is 2.45. The number of allylic oxidation sites excluding steroid dienone is 1. The molecule has 3 aliphatic carbocycles. The van der Waals surface area contributed by atoms with E-state index in [-0.39, 0.29) is 22.7 Å². The summed E-state index contributed by atoms with van der Waals surface area (Å²) >= 11 is 0. The van der Waals surface area contributed by atoms with Gasteiger partial charge in [-0.3, -0.25) is 4.79 Å². The van der Waals surface area contributed by atoms with Crippen LogP contribution in [0.1, 0.15) is 72.1 Å². The van der Waals surface area contributed by atoms with Crippen LogP contribution in [0.5, 0.6) is 0 Å². The van der Waals surface area contributed by atoms with E-state index in [1.807, 2.05) is 13.0 Å². The summed E-state index contributed by atoms with van der Waals surface area (Å²) in [6, 6.07) is 0. The van der Waals surface area contributed by atoms with Crippen molar-refractivity contribution in [3.05, 3.63) is 12.7 Å². The molecule has 0 spiro atoms. The Morgan fingerprint density at radius 2 is 1.74 bits per heavy atom. The molecule has 3 aliphatic rings. The van der Waals surface area contributed by atoms with E-state index in [0.717, 1.165) is 51.4 Å². The predicted molar refractivity (Wildman–Crippen MR) is 91.0 cm³/mol. The Morgan fingerprint density at radius 3 is 2.35 bits per heavy atom. The van der Waals surface area contributed by atoms with Gasteiger partial charge in [0.15, 0.2) is 0 Å². The highest BCUT2D eigenvalue weighted by Gasteiger charge is 2.64. The SMILES string of the molecule is C=C[C@]1(C)CC[C@H]2[C@@](O)(CC[C@@H]3[C@]2(C)CCC[C@]3(C)C(=O)O)C1. The molecule has 0 saturated heterocycles. The van der Waals surface area contributed by atoms with Gasteiger partial charge in [0.1, 0.15) is 0 Å². The minimum absolute atomic E-state index is 0.0131. The van der Waals surface area contributed by atoms with Crippen molar-refractivity contribution in [3.63, 3.8) is 0 Å². The minimum Gasteiger partial charge on any atom is -0.481 e. The third-order valence-corrected chi connectivity index (χ3v) is 7.98. The zero-order chi connectivity index (χ0) is 17.1. The van der Waals surface area contributed by atoms with Crippen molar-refractivity contribution in [1.82, 2.24) is 0 Å². The lowest BCUT2D eigenvalue weighted by molar-refractivity contribution is -0.212. The highest BCUT2D eigenvalue weighted by molar-refractivity contribution is 5.75.